The van der Waals surface area contributed by atoms with Gasteiger partial charge in [0, 0.05) is 33.9 Å². The highest BCUT2D eigenvalue weighted by Gasteiger charge is 2.26. The molecule has 2 aromatic carbocycles. The maximum atomic E-state index is 14.4. The van der Waals surface area contributed by atoms with Gasteiger partial charge in [0.1, 0.15) is 17.1 Å². The molecular formula is C19H16F2N2O3. The normalized spacial score (nSPS) is 12.2. The number of hydrogen-bond donors (Lipinski definition) is 0. The third kappa shape index (κ3) is 3.08. The van der Waals surface area contributed by atoms with E-state index < -0.39 is 22.6 Å². The number of benzene rings is 2. The molecule has 0 amide bonds. The monoisotopic (exact) mass is 358 g/mol. The fourth-order valence-corrected chi connectivity index (χ4v) is 3.03. The lowest BCUT2D eigenvalue weighted by molar-refractivity contribution is -0.529. The predicted octanol–water partition coefficient (Wildman–Crippen LogP) is 4.92. The Labute approximate surface area is 148 Å². The summed E-state index contributed by atoms with van der Waals surface area (Å²) in [5.74, 6) is -1.17. The average Bonchev–Trinajstić information content (AvgIpc) is 2.62. The molecule has 0 fully saturated rings. The van der Waals surface area contributed by atoms with E-state index in [0.29, 0.717) is 17.0 Å². The van der Waals surface area contributed by atoms with Crippen molar-refractivity contribution in [3.63, 3.8) is 0 Å². The molecule has 3 aromatic rings. The fourth-order valence-electron chi connectivity index (χ4n) is 3.03. The average molecular weight is 358 g/mol. The van der Waals surface area contributed by atoms with Crippen LogP contribution < -0.4 is 4.74 Å². The first-order valence-corrected chi connectivity index (χ1v) is 8.02. The number of rotatable bonds is 5. The standard InChI is InChI=1S/C19H16F2N2O3/c1-3-17(23(24)25)13-10-16(12-6-4-5-7-18(12)26-2)22-19-14(13)8-11(20)9-15(19)21/h4-10,17H,3H2,1-2H3. The largest absolute Gasteiger partial charge is 0.496 e. The van der Waals surface area contributed by atoms with Gasteiger partial charge in [-0.15, -0.1) is 0 Å². The van der Waals surface area contributed by atoms with Gasteiger partial charge in [-0.25, -0.2) is 13.8 Å². The Kier molecular flexibility index (Phi) is 4.79. The first-order valence-electron chi connectivity index (χ1n) is 8.02. The summed E-state index contributed by atoms with van der Waals surface area (Å²) in [5.41, 5.74) is 1.02. The van der Waals surface area contributed by atoms with E-state index >= 15 is 0 Å². The summed E-state index contributed by atoms with van der Waals surface area (Å²) in [7, 11) is 1.49. The number of nitro groups is 1. The zero-order valence-electron chi connectivity index (χ0n) is 14.2. The Morgan fingerprint density at radius 1 is 1.23 bits per heavy atom. The lowest BCUT2D eigenvalue weighted by Crippen LogP contribution is -2.11. The van der Waals surface area contributed by atoms with Gasteiger partial charge in [-0.1, -0.05) is 19.1 Å². The Morgan fingerprint density at radius 3 is 2.62 bits per heavy atom. The number of nitrogens with zero attached hydrogens (tertiary/aromatic N) is 2. The first kappa shape index (κ1) is 17.7. The van der Waals surface area contributed by atoms with Gasteiger partial charge < -0.3 is 4.74 Å². The van der Waals surface area contributed by atoms with Crippen molar-refractivity contribution in [2.24, 2.45) is 0 Å². The van der Waals surface area contributed by atoms with E-state index in [1.807, 2.05) is 0 Å². The fraction of sp³-hybridized carbons (Fsp3) is 0.211. The van der Waals surface area contributed by atoms with Gasteiger partial charge in [0.2, 0.25) is 6.04 Å². The molecule has 1 atom stereocenters. The van der Waals surface area contributed by atoms with E-state index in [9.17, 15) is 18.9 Å². The van der Waals surface area contributed by atoms with Crippen molar-refractivity contribution in [2.75, 3.05) is 7.11 Å². The minimum absolute atomic E-state index is 0.102. The van der Waals surface area contributed by atoms with Gasteiger partial charge in [0.15, 0.2) is 5.82 Å². The summed E-state index contributed by atoms with van der Waals surface area (Å²) in [4.78, 5) is 15.3. The van der Waals surface area contributed by atoms with E-state index in [4.69, 9.17) is 4.74 Å². The van der Waals surface area contributed by atoms with Crippen LogP contribution in [0.4, 0.5) is 8.78 Å². The Hall–Kier alpha value is -3.09. The Balaban J connectivity index is 2.38. The third-order valence-corrected chi connectivity index (χ3v) is 4.25. The van der Waals surface area contributed by atoms with Gasteiger partial charge in [-0.3, -0.25) is 10.1 Å². The van der Waals surface area contributed by atoms with Crippen molar-refractivity contribution < 1.29 is 18.4 Å². The van der Waals surface area contributed by atoms with E-state index in [1.165, 1.54) is 13.2 Å². The minimum atomic E-state index is -1.10. The van der Waals surface area contributed by atoms with Gasteiger partial charge in [-0.05, 0) is 24.3 Å². The van der Waals surface area contributed by atoms with Crippen LogP contribution in [0.5, 0.6) is 5.75 Å². The number of para-hydroxylation sites is 1. The number of fused-ring (bicyclic) bond motifs is 1. The second-order valence-corrected chi connectivity index (χ2v) is 5.79. The first-order chi connectivity index (χ1) is 12.5. The lowest BCUT2D eigenvalue weighted by Gasteiger charge is -2.14. The van der Waals surface area contributed by atoms with E-state index in [0.717, 1.165) is 12.1 Å². The van der Waals surface area contributed by atoms with Crippen molar-refractivity contribution in [1.29, 1.82) is 0 Å². The smallest absolute Gasteiger partial charge is 0.238 e. The summed E-state index contributed by atoms with van der Waals surface area (Å²) in [6, 6.07) is 9.18. The number of aromatic nitrogens is 1. The third-order valence-electron chi connectivity index (χ3n) is 4.25. The van der Waals surface area contributed by atoms with Crippen LogP contribution in [0.3, 0.4) is 0 Å². The highest BCUT2D eigenvalue weighted by molar-refractivity contribution is 5.87. The minimum Gasteiger partial charge on any atom is -0.496 e. The van der Waals surface area contributed by atoms with Crippen molar-refractivity contribution in [3.8, 4) is 17.0 Å². The molecule has 0 saturated carbocycles. The number of halogens is 2. The molecule has 0 aliphatic rings. The molecule has 0 saturated heterocycles. The van der Waals surface area contributed by atoms with Crippen LogP contribution in [-0.4, -0.2) is 17.0 Å². The molecule has 5 nitrogen and oxygen atoms in total. The van der Waals surface area contributed by atoms with E-state index in [1.54, 1.807) is 31.2 Å². The molecule has 0 N–H and O–H groups in total. The molecule has 26 heavy (non-hydrogen) atoms. The Morgan fingerprint density at radius 2 is 1.96 bits per heavy atom. The molecule has 0 bridgehead atoms. The molecule has 0 spiro atoms. The molecule has 1 heterocycles. The summed E-state index contributed by atoms with van der Waals surface area (Å²) >= 11 is 0. The molecule has 1 unspecified atom stereocenters. The van der Waals surface area contributed by atoms with E-state index in [-0.39, 0.29) is 22.9 Å². The summed E-state index contributed by atoms with van der Waals surface area (Å²) in [6.07, 6.45) is 0.176. The number of pyridine rings is 1. The molecular weight excluding hydrogens is 342 g/mol. The lowest BCUT2D eigenvalue weighted by atomic mass is 9.97. The predicted molar refractivity (Wildman–Crippen MR) is 93.7 cm³/mol. The van der Waals surface area contributed by atoms with Crippen molar-refractivity contribution in [3.05, 3.63) is 69.8 Å². The second-order valence-electron chi connectivity index (χ2n) is 5.79. The maximum Gasteiger partial charge on any atom is 0.238 e. The van der Waals surface area contributed by atoms with Crippen molar-refractivity contribution >= 4 is 10.9 Å². The summed E-state index contributed by atoms with van der Waals surface area (Å²) in [5, 5.41) is 11.6. The van der Waals surface area contributed by atoms with Crippen LogP contribution in [0.1, 0.15) is 24.9 Å². The molecule has 1 aromatic heterocycles. The van der Waals surface area contributed by atoms with Crippen LogP contribution >= 0.6 is 0 Å². The zero-order chi connectivity index (χ0) is 18.8. The van der Waals surface area contributed by atoms with Gasteiger partial charge >= 0.3 is 0 Å². The van der Waals surface area contributed by atoms with Crippen molar-refractivity contribution in [1.82, 2.24) is 4.98 Å². The van der Waals surface area contributed by atoms with Crippen LogP contribution in [0.2, 0.25) is 0 Å². The number of methoxy groups -OCH3 is 1. The number of hydrogen-bond acceptors (Lipinski definition) is 4. The van der Waals surface area contributed by atoms with Crippen molar-refractivity contribution in [2.45, 2.75) is 19.4 Å². The topological polar surface area (TPSA) is 65.3 Å². The van der Waals surface area contributed by atoms with Crippen LogP contribution in [0, 0.1) is 21.7 Å². The molecule has 3 rings (SSSR count). The Bertz CT molecular complexity index is 992. The highest BCUT2D eigenvalue weighted by atomic mass is 19.1. The SMILES string of the molecule is CCC(c1cc(-c2ccccc2OC)nc2c(F)cc(F)cc12)[N+](=O)[O-]. The van der Waals surface area contributed by atoms with Gasteiger partial charge in [0.05, 0.1) is 12.8 Å². The molecule has 0 aliphatic carbocycles. The van der Waals surface area contributed by atoms with Gasteiger partial charge in [0.25, 0.3) is 0 Å². The molecule has 7 heteroatoms. The zero-order valence-corrected chi connectivity index (χ0v) is 14.2. The second kappa shape index (κ2) is 7.03. The van der Waals surface area contributed by atoms with Crippen LogP contribution in [0.15, 0.2) is 42.5 Å². The highest BCUT2D eigenvalue weighted by Crippen LogP contribution is 2.36. The molecule has 134 valence electrons. The summed E-state index contributed by atoms with van der Waals surface area (Å²) < 4.78 is 33.4. The maximum absolute atomic E-state index is 14.4. The number of ether oxygens (including phenoxy) is 1. The van der Waals surface area contributed by atoms with Crippen LogP contribution in [-0.2, 0) is 0 Å². The molecule has 0 radical (unpaired) electrons. The van der Waals surface area contributed by atoms with Gasteiger partial charge in [-0.2, -0.15) is 0 Å². The molecule has 0 aliphatic heterocycles. The van der Waals surface area contributed by atoms with E-state index in [2.05, 4.69) is 4.98 Å². The van der Waals surface area contributed by atoms with Crippen LogP contribution in [0.25, 0.3) is 22.2 Å². The summed E-state index contributed by atoms with van der Waals surface area (Å²) in [6.45, 7) is 1.65. The quantitative estimate of drug-likeness (QED) is 0.480.